The average molecular weight is 455 g/mol. The summed E-state index contributed by atoms with van der Waals surface area (Å²) in [5, 5.41) is 5.69. The van der Waals surface area contributed by atoms with Gasteiger partial charge in [-0.05, 0) is 60.5 Å². The van der Waals surface area contributed by atoms with Gasteiger partial charge in [-0.15, -0.1) is 0 Å². The third-order valence-corrected chi connectivity index (χ3v) is 5.11. The van der Waals surface area contributed by atoms with Crippen LogP contribution in [0.5, 0.6) is 5.75 Å². The Hall–Kier alpha value is -4.52. The van der Waals surface area contributed by atoms with E-state index in [1.54, 1.807) is 60.7 Å². The number of anilines is 2. The molecule has 0 aliphatic carbocycles. The first kappa shape index (κ1) is 22.7. The minimum Gasteiger partial charge on any atom is -0.489 e. The van der Waals surface area contributed by atoms with Crippen LogP contribution in [0.4, 0.5) is 15.8 Å². The molecule has 0 saturated heterocycles. The molecule has 0 fully saturated rings. The first-order valence-electron chi connectivity index (χ1n) is 10.6. The van der Waals surface area contributed by atoms with Crippen LogP contribution in [-0.4, -0.2) is 16.8 Å². The van der Waals surface area contributed by atoms with Crippen molar-refractivity contribution >= 4 is 23.2 Å². The molecule has 170 valence electrons. The maximum atomic E-state index is 13.1. The molecular formula is C27H22FN3O3. The molecule has 4 aromatic rings. The first-order valence-corrected chi connectivity index (χ1v) is 10.6. The molecule has 7 heteroatoms. The van der Waals surface area contributed by atoms with Gasteiger partial charge in [0.2, 0.25) is 0 Å². The highest BCUT2D eigenvalue weighted by molar-refractivity contribution is 6.13. The largest absolute Gasteiger partial charge is 0.489 e. The van der Waals surface area contributed by atoms with Crippen LogP contribution in [-0.2, 0) is 6.61 Å². The second-order valence-corrected chi connectivity index (χ2v) is 7.58. The van der Waals surface area contributed by atoms with Crippen molar-refractivity contribution in [3.8, 4) is 5.75 Å². The molecule has 2 amide bonds. The van der Waals surface area contributed by atoms with Gasteiger partial charge in [-0.3, -0.25) is 14.6 Å². The molecule has 0 radical (unpaired) electrons. The summed E-state index contributed by atoms with van der Waals surface area (Å²) in [7, 11) is 0. The minimum atomic E-state index is -0.371. The topological polar surface area (TPSA) is 80.3 Å². The first-order chi connectivity index (χ1) is 16.5. The van der Waals surface area contributed by atoms with E-state index in [0.29, 0.717) is 28.3 Å². The maximum Gasteiger partial charge on any atom is 0.257 e. The highest BCUT2D eigenvalue weighted by Crippen LogP contribution is 2.24. The van der Waals surface area contributed by atoms with Gasteiger partial charge in [-0.2, -0.15) is 0 Å². The molecule has 0 saturated carbocycles. The van der Waals surface area contributed by atoms with Gasteiger partial charge < -0.3 is 15.4 Å². The minimum absolute atomic E-state index is 0.265. The van der Waals surface area contributed by atoms with Gasteiger partial charge in [0.1, 0.15) is 18.2 Å². The molecule has 0 unspecified atom stereocenters. The summed E-state index contributed by atoms with van der Waals surface area (Å²) in [4.78, 5) is 29.6. The zero-order valence-electron chi connectivity index (χ0n) is 18.4. The quantitative estimate of drug-likeness (QED) is 0.379. The summed E-state index contributed by atoms with van der Waals surface area (Å²) in [5.41, 5.74) is 3.33. The number of halogens is 1. The highest BCUT2D eigenvalue weighted by Gasteiger charge is 2.17. The molecular weight excluding hydrogens is 433 g/mol. The van der Waals surface area contributed by atoms with Crippen molar-refractivity contribution in [3.63, 3.8) is 0 Å². The van der Waals surface area contributed by atoms with Crippen LogP contribution in [0, 0.1) is 12.7 Å². The smallest absolute Gasteiger partial charge is 0.257 e. The van der Waals surface area contributed by atoms with E-state index in [0.717, 1.165) is 11.1 Å². The van der Waals surface area contributed by atoms with Crippen LogP contribution in [0.2, 0.25) is 0 Å². The van der Waals surface area contributed by atoms with Gasteiger partial charge in [0.25, 0.3) is 11.8 Å². The molecule has 1 heterocycles. The number of carbonyl (C=O) groups is 2. The predicted molar refractivity (Wildman–Crippen MR) is 128 cm³/mol. The van der Waals surface area contributed by atoms with Crippen LogP contribution in [0.15, 0.2) is 91.3 Å². The average Bonchev–Trinajstić information content (AvgIpc) is 2.85. The standard InChI is InChI=1S/C27H22FN3O3/c1-18-4-2-7-24(25(18)31-26(32)20-12-14-29-15-13-20)27(33)30-22-5-3-6-23(16-22)34-17-19-8-10-21(28)11-9-19/h2-16H,17H2,1H3,(H,30,33)(H,31,32). The number of amides is 2. The summed E-state index contributed by atoms with van der Waals surface area (Å²) < 4.78 is 18.8. The van der Waals surface area contributed by atoms with E-state index in [-0.39, 0.29) is 24.2 Å². The van der Waals surface area contributed by atoms with Crippen molar-refractivity contribution in [1.29, 1.82) is 0 Å². The second kappa shape index (κ2) is 10.4. The number of aryl methyl sites for hydroxylation is 1. The van der Waals surface area contributed by atoms with Crippen molar-refractivity contribution in [2.24, 2.45) is 0 Å². The van der Waals surface area contributed by atoms with Crippen LogP contribution in [0.25, 0.3) is 0 Å². The van der Waals surface area contributed by atoms with Crippen LogP contribution in [0.1, 0.15) is 31.8 Å². The molecule has 4 rings (SSSR count). The van der Waals surface area contributed by atoms with Crippen LogP contribution < -0.4 is 15.4 Å². The van der Waals surface area contributed by atoms with Gasteiger partial charge >= 0.3 is 0 Å². The lowest BCUT2D eigenvalue weighted by molar-refractivity contribution is 0.102. The van der Waals surface area contributed by atoms with Crippen LogP contribution in [0.3, 0.4) is 0 Å². The Kier molecular flexibility index (Phi) is 6.93. The monoisotopic (exact) mass is 455 g/mol. The van der Waals surface area contributed by atoms with Gasteiger partial charge in [0.15, 0.2) is 0 Å². The summed E-state index contributed by atoms with van der Waals surface area (Å²) in [5.74, 6) is -0.454. The van der Waals surface area contributed by atoms with E-state index in [2.05, 4.69) is 15.6 Å². The number of ether oxygens (including phenoxy) is 1. The summed E-state index contributed by atoms with van der Waals surface area (Å²) in [6, 6.07) is 21.5. The molecule has 0 aliphatic rings. The van der Waals surface area contributed by atoms with Gasteiger partial charge in [-0.1, -0.05) is 30.3 Å². The number of pyridine rings is 1. The van der Waals surface area contributed by atoms with Crippen molar-refractivity contribution in [3.05, 3.63) is 119 Å². The number of carbonyl (C=O) groups excluding carboxylic acids is 2. The Morgan fingerprint density at radius 1 is 0.882 bits per heavy atom. The van der Waals surface area contributed by atoms with Crippen molar-refractivity contribution in [2.75, 3.05) is 10.6 Å². The fourth-order valence-electron chi connectivity index (χ4n) is 3.32. The number of hydrogen-bond acceptors (Lipinski definition) is 4. The van der Waals surface area contributed by atoms with Crippen LogP contribution >= 0.6 is 0 Å². The van der Waals surface area contributed by atoms with E-state index in [4.69, 9.17) is 4.74 Å². The third kappa shape index (κ3) is 5.63. The number of para-hydroxylation sites is 1. The van der Waals surface area contributed by atoms with E-state index in [1.165, 1.54) is 24.5 Å². The number of rotatable bonds is 7. The number of nitrogens with one attached hydrogen (secondary N) is 2. The second-order valence-electron chi connectivity index (χ2n) is 7.58. The van der Waals surface area contributed by atoms with Crippen molar-refractivity contribution in [1.82, 2.24) is 4.98 Å². The molecule has 2 N–H and O–H groups in total. The number of aromatic nitrogens is 1. The summed E-state index contributed by atoms with van der Waals surface area (Å²) >= 11 is 0. The summed E-state index contributed by atoms with van der Waals surface area (Å²) in [6.07, 6.45) is 3.07. The lowest BCUT2D eigenvalue weighted by Gasteiger charge is -2.15. The third-order valence-electron chi connectivity index (χ3n) is 5.11. The predicted octanol–water partition coefficient (Wildman–Crippen LogP) is 5.61. The Labute approximate surface area is 196 Å². The van der Waals surface area contributed by atoms with E-state index >= 15 is 0 Å². The van der Waals surface area contributed by atoms with E-state index < -0.39 is 0 Å². The normalized spacial score (nSPS) is 10.4. The lowest BCUT2D eigenvalue weighted by atomic mass is 10.1. The molecule has 0 spiro atoms. The zero-order chi connectivity index (χ0) is 23.9. The zero-order valence-corrected chi connectivity index (χ0v) is 18.4. The molecule has 1 aromatic heterocycles. The molecule has 0 aliphatic heterocycles. The molecule has 34 heavy (non-hydrogen) atoms. The van der Waals surface area contributed by atoms with Crippen molar-refractivity contribution < 1.29 is 18.7 Å². The van der Waals surface area contributed by atoms with E-state index in [1.807, 2.05) is 13.0 Å². The summed E-state index contributed by atoms with van der Waals surface area (Å²) in [6.45, 7) is 2.09. The van der Waals surface area contributed by atoms with Gasteiger partial charge in [0.05, 0.1) is 11.3 Å². The maximum absolute atomic E-state index is 13.1. The molecule has 0 atom stereocenters. The molecule has 6 nitrogen and oxygen atoms in total. The number of hydrogen-bond donors (Lipinski definition) is 2. The molecule has 0 bridgehead atoms. The Bertz CT molecular complexity index is 1310. The lowest BCUT2D eigenvalue weighted by Crippen LogP contribution is -2.19. The SMILES string of the molecule is Cc1cccc(C(=O)Nc2cccc(OCc3ccc(F)cc3)c2)c1NC(=O)c1ccncc1. The Morgan fingerprint density at radius 2 is 1.62 bits per heavy atom. The Morgan fingerprint density at radius 3 is 2.38 bits per heavy atom. The van der Waals surface area contributed by atoms with Crippen molar-refractivity contribution in [2.45, 2.75) is 13.5 Å². The fraction of sp³-hybridized carbons (Fsp3) is 0.0741. The highest BCUT2D eigenvalue weighted by atomic mass is 19.1. The molecule has 3 aromatic carbocycles. The van der Waals surface area contributed by atoms with Gasteiger partial charge in [0, 0.05) is 29.7 Å². The Balaban J connectivity index is 1.47. The number of nitrogens with zero attached hydrogens (tertiary/aromatic N) is 1. The number of benzene rings is 3. The fourth-order valence-corrected chi connectivity index (χ4v) is 3.32. The van der Waals surface area contributed by atoms with E-state index in [9.17, 15) is 14.0 Å². The van der Waals surface area contributed by atoms with Gasteiger partial charge in [-0.25, -0.2) is 4.39 Å².